The second-order valence-electron chi connectivity index (χ2n) is 3.34. The second-order valence-corrected chi connectivity index (χ2v) is 3.34. The van der Waals surface area contributed by atoms with E-state index in [0.29, 0.717) is 17.3 Å². The maximum absolute atomic E-state index is 10.7. The van der Waals surface area contributed by atoms with Crippen LogP contribution in [0.1, 0.15) is 10.6 Å². The molecule has 5 heteroatoms. The third-order valence-corrected chi connectivity index (χ3v) is 2.52. The molecule has 15 heavy (non-hydrogen) atoms. The normalized spacial score (nSPS) is 13.4. The van der Waals surface area contributed by atoms with E-state index in [2.05, 4.69) is 4.98 Å². The Kier molecular flexibility index (Phi) is 1.50. The van der Waals surface area contributed by atoms with Gasteiger partial charge in [0.1, 0.15) is 0 Å². The molecule has 1 aliphatic heterocycles. The van der Waals surface area contributed by atoms with Crippen LogP contribution in [0.2, 0.25) is 0 Å². The van der Waals surface area contributed by atoms with E-state index in [1.807, 2.05) is 6.07 Å². The smallest absolute Gasteiger partial charge is 0.231 e. The number of benzene rings is 1. The Labute approximate surface area is 85.2 Å². The number of aromatic nitrogens is 2. The van der Waals surface area contributed by atoms with Crippen molar-refractivity contribution in [3.8, 4) is 11.5 Å². The fraction of sp³-hybridized carbons (Fsp3) is 0.200. The van der Waals surface area contributed by atoms with Gasteiger partial charge in [-0.1, -0.05) is 0 Å². The standard InChI is InChI=1S/C10H8N2O3/c1-12-7-3-9-8(14-5-15-9)2-6(7)11-10(12)4-13/h2-4H,5H2,1H3. The number of rotatable bonds is 1. The number of ether oxygens (including phenoxy) is 2. The highest BCUT2D eigenvalue weighted by molar-refractivity contribution is 5.85. The van der Waals surface area contributed by atoms with Gasteiger partial charge in [0, 0.05) is 19.2 Å². The molecule has 0 radical (unpaired) electrons. The number of nitrogens with zero attached hydrogens (tertiary/aromatic N) is 2. The first kappa shape index (κ1) is 8.28. The van der Waals surface area contributed by atoms with E-state index in [1.165, 1.54) is 0 Å². The fourth-order valence-electron chi connectivity index (χ4n) is 1.71. The van der Waals surface area contributed by atoms with Gasteiger partial charge in [-0.25, -0.2) is 4.98 Å². The summed E-state index contributed by atoms with van der Waals surface area (Å²) < 4.78 is 12.2. The molecule has 5 nitrogen and oxygen atoms in total. The Bertz CT molecular complexity index is 559. The molecule has 0 saturated heterocycles. The summed E-state index contributed by atoms with van der Waals surface area (Å²) >= 11 is 0. The summed E-state index contributed by atoms with van der Waals surface area (Å²) in [5.74, 6) is 1.77. The predicted molar refractivity (Wildman–Crippen MR) is 52.2 cm³/mol. The highest BCUT2D eigenvalue weighted by Gasteiger charge is 2.17. The van der Waals surface area contributed by atoms with Gasteiger partial charge in [0.2, 0.25) is 6.79 Å². The quantitative estimate of drug-likeness (QED) is 0.653. The molecule has 0 unspecified atom stereocenters. The summed E-state index contributed by atoms with van der Waals surface area (Å²) in [7, 11) is 1.79. The van der Waals surface area contributed by atoms with Crippen molar-refractivity contribution < 1.29 is 14.3 Å². The number of hydrogen-bond donors (Lipinski definition) is 0. The minimum Gasteiger partial charge on any atom is -0.454 e. The molecule has 0 fully saturated rings. The van der Waals surface area contributed by atoms with Crippen molar-refractivity contribution in [2.75, 3.05) is 6.79 Å². The second kappa shape index (κ2) is 2.73. The zero-order chi connectivity index (χ0) is 10.4. The molecule has 2 heterocycles. The van der Waals surface area contributed by atoms with Gasteiger partial charge >= 0.3 is 0 Å². The molecular formula is C10H8N2O3. The van der Waals surface area contributed by atoms with Crippen molar-refractivity contribution in [1.82, 2.24) is 9.55 Å². The van der Waals surface area contributed by atoms with Gasteiger partial charge in [-0.2, -0.15) is 0 Å². The Morgan fingerprint density at radius 3 is 2.87 bits per heavy atom. The van der Waals surface area contributed by atoms with Crippen molar-refractivity contribution in [1.29, 1.82) is 0 Å². The molecule has 2 aromatic rings. The van der Waals surface area contributed by atoms with E-state index < -0.39 is 0 Å². The van der Waals surface area contributed by atoms with Crippen LogP contribution in [0.5, 0.6) is 11.5 Å². The van der Waals surface area contributed by atoms with Crippen molar-refractivity contribution in [3.63, 3.8) is 0 Å². The van der Waals surface area contributed by atoms with Gasteiger partial charge in [0.25, 0.3) is 0 Å². The molecule has 0 amide bonds. The van der Waals surface area contributed by atoms with Crippen LogP contribution < -0.4 is 9.47 Å². The van der Waals surface area contributed by atoms with Crippen LogP contribution in [0, 0.1) is 0 Å². The molecule has 0 spiro atoms. The first-order valence-electron chi connectivity index (χ1n) is 4.51. The minimum absolute atomic E-state index is 0.242. The average Bonchev–Trinajstić information content (AvgIpc) is 2.80. The Morgan fingerprint density at radius 1 is 1.40 bits per heavy atom. The van der Waals surface area contributed by atoms with E-state index in [9.17, 15) is 4.79 Å². The van der Waals surface area contributed by atoms with Crippen LogP contribution in [0.25, 0.3) is 11.0 Å². The van der Waals surface area contributed by atoms with Crippen LogP contribution in [-0.2, 0) is 7.05 Å². The van der Waals surface area contributed by atoms with Gasteiger partial charge in [-0.3, -0.25) is 4.79 Å². The van der Waals surface area contributed by atoms with Gasteiger partial charge < -0.3 is 14.0 Å². The first-order valence-corrected chi connectivity index (χ1v) is 4.51. The Hall–Kier alpha value is -2.04. The molecular weight excluding hydrogens is 196 g/mol. The fourth-order valence-corrected chi connectivity index (χ4v) is 1.71. The van der Waals surface area contributed by atoms with Crippen LogP contribution in [0.4, 0.5) is 0 Å². The van der Waals surface area contributed by atoms with E-state index in [0.717, 1.165) is 17.3 Å². The van der Waals surface area contributed by atoms with E-state index in [-0.39, 0.29) is 6.79 Å². The lowest BCUT2D eigenvalue weighted by Gasteiger charge is -1.97. The van der Waals surface area contributed by atoms with Crippen LogP contribution >= 0.6 is 0 Å². The lowest BCUT2D eigenvalue weighted by Crippen LogP contribution is -1.95. The van der Waals surface area contributed by atoms with Gasteiger partial charge in [-0.05, 0) is 0 Å². The van der Waals surface area contributed by atoms with Crippen LogP contribution in [0.3, 0.4) is 0 Å². The summed E-state index contributed by atoms with van der Waals surface area (Å²) in [5.41, 5.74) is 1.60. The number of carbonyl (C=O) groups excluding carboxylic acids is 1. The van der Waals surface area contributed by atoms with Crippen molar-refractivity contribution in [3.05, 3.63) is 18.0 Å². The molecule has 0 N–H and O–H groups in total. The van der Waals surface area contributed by atoms with E-state index in [4.69, 9.17) is 9.47 Å². The van der Waals surface area contributed by atoms with Gasteiger partial charge in [-0.15, -0.1) is 0 Å². The monoisotopic (exact) mass is 204 g/mol. The van der Waals surface area contributed by atoms with Crippen molar-refractivity contribution in [2.45, 2.75) is 0 Å². The molecule has 1 aromatic carbocycles. The third-order valence-electron chi connectivity index (χ3n) is 2.52. The maximum atomic E-state index is 10.7. The largest absolute Gasteiger partial charge is 0.454 e. The molecule has 1 aromatic heterocycles. The Morgan fingerprint density at radius 2 is 2.13 bits per heavy atom. The highest BCUT2D eigenvalue weighted by atomic mass is 16.7. The minimum atomic E-state index is 0.242. The zero-order valence-electron chi connectivity index (χ0n) is 8.06. The summed E-state index contributed by atoms with van der Waals surface area (Å²) in [6, 6.07) is 3.61. The number of carbonyl (C=O) groups is 1. The topological polar surface area (TPSA) is 53.4 Å². The predicted octanol–water partition coefficient (Wildman–Crippen LogP) is 1.11. The SMILES string of the molecule is Cn1c(C=O)nc2cc3c(cc21)OCO3. The number of aryl methyl sites for hydroxylation is 1. The molecule has 3 rings (SSSR count). The van der Waals surface area contributed by atoms with Gasteiger partial charge in [0.15, 0.2) is 23.6 Å². The maximum Gasteiger partial charge on any atom is 0.231 e. The molecule has 76 valence electrons. The number of aldehydes is 1. The van der Waals surface area contributed by atoms with Crippen LogP contribution in [-0.4, -0.2) is 22.6 Å². The lowest BCUT2D eigenvalue weighted by atomic mass is 10.3. The average molecular weight is 204 g/mol. The first-order chi connectivity index (χ1) is 7.29. The lowest BCUT2D eigenvalue weighted by molar-refractivity contribution is 0.111. The number of imidazole rings is 1. The summed E-state index contributed by atoms with van der Waals surface area (Å²) in [4.78, 5) is 14.9. The molecule has 0 bridgehead atoms. The van der Waals surface area contributed by atoms with E-state index in [1.54, 1.807) is 17.7 Å². The van der Waals surface area contributed by atoms with E-state index >= 15 is 0 Å². The number of hydrogen-bond acceptors (Lipinski definition) is 4. The van der Waals surface area contributed by atoms with Crippen molar-refractivity contribution >= 4 is 17.3 Å². The number of fused-ring (bicyclic) bond motifs is 2. The zero-order valence-corrected chi connectivity index (χ0v) is 8.06. The highest BCUT2D eigenvalue weighted by Crippen LogP contribution is 2.35. The van der Waals surface area contributed by atoms with Crippen molar-refractivity contribution in [2.24, 2.45) is 7.05 Å². The third kappa shape index (κ3) is 1.03. The van der Waals surface area contributed by atoms with Crippen LogP contribution in [0.15, 0.2) is 12.1 Å². The summed E-state index contributed by atoms with van der Waals surface area (Å²) in [6.45, 7) is 0.242. The molecule has 1 aliphatic rings. The Balaban J connectivity index is 2.35. The summed E-state index contributed by atoms with van der Waals surface area (Å²) in [6.07, 6.45) is 0.729. The molecule has 0 aliphatic carbocycles. The molecule has 0 atom stereocenters. The summed E-state index contributed by atoms with van der Waals surface area (Å²) in [5, 5.41) is 0. The molecule has 0 saturated carbocycles. The van der Waals surface area contributed by atoms with Gasteiger partial charge in [0.05, 0.1) is 11.0 Å².